The zero-order chi connectivity index (χ0) is 17.5. The summed E-state index contributed by atoms with van der Waals surface area (Å²) in [5.41, 5.74) is 4.51. The standard InChI is InChI=1S/C17H15FN8/c18-13-9-20-17(24-16(13)26-6-5-21-25-26)22-10-1-2-14-11(7-10)12-8-19-4-3-15(12)23-14/h1-2,5-7,9,19,23H,3-4,8H2,(H,20,22,24). The fourth-order valence-electron chi connectivity index (χ4n) is 3.25. The van der Waals surface area contributed by atoms with Gasteiger partial charge in [-0.05, 0) is 23.8 Å². The molecule has 0 atom stereocenters. The molecule has 0 aliphatic carbocycles. The number of rotatable bonds is 3. The summed E-state index contributed by atoms with van der Waals surface area (Å²) in [6, 6.07) is 6.02. The summed E-state index contributed by atoms with van der Waals surface area (Å²) in [6.07, 6.45) is 5.11. The molecule has 0 amide bonds. The molecule has 130 valence electrons. The van der Waals surface area contributed by atoms with Crippen LogP contribution < -0.4 is 10.6 Å². The average Bonchev–Trinajstić information content (AvgIpc) is 3.31. The maximum Gasteiger partial charge on any atom is 0.229 e. The highest BCUT2D eigenvalue weighted by Gasteiger charge is 2.15. The summed E-state index contributed by atoms with van der Waals surface area (Å²) in [4.78, 5) is 11.7. The zero-order valence-corrected chi connectivity index (χ0v) is 13.7. The quantitative estimate of drug-likeness (QED) is 0.523. The van der Waals surface area contributed by atoms with E-state index >= 15 is 0 Å². The largest absolute Gasteiger partial charge is 0.358 e. The van der Waals surface area contributed by atoms with Crippen LogP contribution in [0.25, 0.3) is 16.7 Å². The van der Waals surface area contributed by atoms with Crippen LogP contribution in [0.3, 0.4) is 0 Å². The molecule has 4 aromatic rings. The number of hydrogen-bond acceptors (Lipinski definition) is 6. The van der Waals surface area contributed by atoms with Crippen LogP contribution in [-0.2, 0) is 13.0 Å². The Kier molecular flexibility index (Phi) is 3.39. The van der Waals surface area contributed by atoms with Crippen molar-refractivity contribution in [1.82, 2.24) is 35.3 Å². The minimum Gasteiger partial charge on any atom is -0.358 e. The van der Waals surface area contributed by atoms with Gasteiger partial charge in [0.2, 0.25) is 5.95 Å². The van der Waals surface area contributed by atoms with E-state index in [9.17, 15) is 4.39 Å². The summed E-state index contributed by atoms with van der Waals surface area (Å²) < 4.78 is 15.2. The van der Waals surface area contributed by atoms with Crippen LogP contribution in [0.5, 0.6) is 0 Å². The molecule has 5 rings (SSSR count). The van der Waals surface area contributed by atoms with Crippen molar-refractivity contribution in [2.75, 3.05) is 11.9 Å². The van der Waals surface area contributed by atoms with Crippen LogP contribution in [0, 0.1) is 5.82 Å². The van der Waals surface area contributed by atoms with Crippen molar-refractivity contribution in [1.29, 1.82) is 0 Å². The minimum atomic E-state index is -0.567. The third-order valence-electron chi connectivity index (χ3n) is 4.47. The fraction of sp³-hybridized carbons (Fsp3) is 0.176. The number of halogens is 1. The SMILES string of the molecule is Fc1cnc(Nc2ccc3[nH]c4c(c3c2)CNCC4)nc1-n1ccnn1. The van der Waals surface area contributed by atoms with Crippen LogP contribution in [0.1, 0.15) is 11.3 Å². The zero-order valence-electron chi connectivity index (χ0n) is 13.7. The van der Waals surface area contributed by atoms with E-state index in [1.165, 1.54) is 28.3 Å². The molecular formula is C17H15FN8. The van der Waals surface area contributed by atoms with E-state index in [0.717, 1.165) is 42.3 Å². The lowest BCUT2D eigenvalue weighted by atomic mass is 10.1. The molecule has 3 aromatic heterocycles. The van der Waals surface area contributed by atoms with Gasteiger partial charge < -0.3 is 15.6 Å². The molecule has 4 heterocycles. The first kappa shape index (κ1) is 15.0. The number of benzene rings is 1. The average molecular weight is 350 g/mol. The van der Waals surface area contributed by atoms with Gasteiger partial charge in [0.05, 0.1) is 18.6 Å². The molecule has 0 unspecified atom stereocenters. The van der Waals surface area contributed by atoms with E-state index in [1.54, 1.807) is 0 Å². The van der Waals surface area contributed by atoms with Gasteiger partial charge in [0.25, 0.3) is 0 Å². The van der Waals surface area contributed by atoms with E-state index in [1.807, 2.05) is 12.1 Å². The van der Waals surface area contributed by atoms with E-state index in [0.29, 0.717) is 5.95 Å². The number of fused-ring (bicyclic) bond motifs is 3. The van der Waals surface area contributed by atoms with Crippen molar-refractivity contribution in [3.63, 3.8) is 0 Å². The summed E-state index contributed by atoms with van der Waals surface area (Å²) in [5, 5.41) is 15.1. The predicted octanol–water partition coefficient (Wildman–Crippen LogP) is 2.07. The first-order valence-corrected chi connectivity index (χ1v) is 8.28. The van der Waals surface area contributed by atoms with Gasteiger partial charge in [-0.15, -0.1) is 5.10 Å². The van der Waals surface area contributed by atoms with Crippen molar-refractivity contribution in [2.24, 2.45) is 0 Å². The van der Waals surface area contributed by atoms with Crippen molar-refractivity contribution in [3.8, 4) is 5.82 Å². The molecule has 1 aliphatic rings. The Morgan fingerprint density at radius 3 is 3.12 bits per heavy atom. The predicted molar refractivity (Wildman–Crippen MR) is 93.9 cm³/mol. The van der Waals surface area contributed by atoms with Crippen molar-refractivity contribution >= 4 is 22.5 Å². The third-order valence-corrected chi connectivity index (χ3v) is 4.47. The fourth-order valence-corrected chi connectivity index (χ4v) is 3.25. The Hall–Kier alpha value is -3.33. The summed E-state index contributed by atoms with van der Waals surface area (Å²) in [7, 11) is 0. The van der Waals surface area contributed by atoms with Gasteiger partial charge in [-0.2, -0.15) is 9.67 Å². The molecule has 3 N–H and O–H groups in total. The van der Waals surface area contributed by atoms with E-state index in [2.05, 4.69) is 42.0 Å². The summed E-state index contributed by atoms with van der Waals surface area (Å²) in [5.74, 6) is -0.231. The maximum atomic E-state index is 14.0. The number of nitrogens with zero attached hydrogens (tertiary/aromatic N) is 5. The molecule has 0 fully saturated rings. The van der Waals surface area contributed by atoms with Gasteiger partial charge >= 0.3 is 0 Å². The minimum absolute atomic E-state index is 0.0456. The summed E-state index contributed by atoms with van der Waals surface area (Å²) in [6.45, 7) is 1.84. The smallest absolute Gasteiger partial charge is 0.229 e. The first-order valence-electron chi connectivity index (χ1n) is 8.28. The van der Waals surface area contributed by atoms with E-state index < -0.39 is 5.82 Å². The van der Waals surface area contributed by atoms with Gasteiger partial charge in [-0.1, -0.05) is 5.21 Å². The molecule has 0 spiro atoms. The van der Waals surface area contributed by atoms with E-state index in [-0.39, 0.29) is 5.82 Å². The van der Waals surface area contributed by atoms with Crippen molar-refractivity contribution < 1.29 is 4.39 Å². The number of aromatic nitrogens is 6. The van der Waals surface area contributed by atoms with Crippen LogP contribution in [0.2, 0.25) is 0 Å². The Balaban J connectivity index is 1.50. The van der Waals surface area contributed by atoms with Crippen LogP contribution in [0.15, 0.2) is 36.8 Å². The third kappa shape index (κ3) is 2.49. The Bertz CT molecular complexity index is 1090. The monoisotopic (exact) mass is 350 g/mol. The first-order chi connectivity index (χ1) is 12.8. The molecule has 0 saturated heterocycles. The van der Waals surface area contributed by atoms with Gasteiger partial charge in [0.15, 0.2) is 11.6 Å². The highest BCUT2D eigenvalue weighted by Crippen LogP contribution is 2.28. The molecule has 0 saturated carbocycles. The van der Waals surface area contributed by atoms with Gasteiger partial charge in [-0.25, -0.2) is 9.37 Å². The number of anilines is 2. The second kappa shape index (κ2) is 5.88. The molecule has 0 radical (unpaired) electrons. The number of aromatic amines is 1. The normalized spacial score (nSPS) is 13.7. The second-order valence-corrected chi connectivity index (χ2v) is 6.11. The maximum absolute atomic E-state index is 14.0. The second-order valence-electron chi connectivity index (χ2n) is 6.11. The van der Waals surface area contributed by atoms with Gasteiger partial charge in [-0.3, -0.25) is 0 Å². The molecule has 1 aromatic carbocycles. The lowest BCUT2D eigenvalue weighted by Crippen LogP contribution is -2.22. The molecule has 8 nitrogen and oxygen atoms in total. The Labute approximate surface area is 147 Å². The highest BCUT2D eigenvalue weighted by atomic mass is 19.1. The molecule has 9 heteroatoms. The Morgan fingerprint density at radius 1 is 1.27 bits per heavy atom. The van der Waals surface area contributed by atoms with Crippen LogP contribution in [-0.4, -0.2) is 36.5 Å². The van der Waals surface area contributed by atoms with Crippen LogP contribution in [0.4, 0.5) is 16.0 Å². The number of H-pyrrole nitrogens is 1. The topological polar surface area (TPSA) is 96.3 Å². The Morgan fingerprint density at radius 2 is 2.23 bits per heavy atom. The highest BCUT2D eigenvalue weighted by molar-refractivity contribution is 5.88. The van der Waals surface area contributed by atoms with E-state index in [4.69, 9.17) is 0 Å². The lowest BCUT2D eigenvalue weighted by molar-refractivity contribution is 0.589. The molecule has 0 bridgehead atoms. The molecular weight excluding hydrogens is 335 g/mol. The van der Waals surface area contributed by atoms with Crippen molar-refractivity contribution in [3.05, 3.63) is 53.9 Å². The van der Waals surface area contributed by atoms with Gasteiger partial charge in [0.1, 0.15) is 0 Å². The number of nitrogens with one attached hydrogen (secondary N) is 3. The van der Waals surface area contributed by atoms with Gasteiger partial charge in [0, 0.05) is 41.8 Å². The molecule has 1 aliphatic heterocycles. The number of hydrogen-bond donors (Lipinski definition) is 3. The van der Waals surface area contributed by atoms with Crippen molar-refractivity contribution in [2.45, 2.75) is 13.0 Å². The lowest BCUT2D eigenvalue weighted by Gasteiger charge is -2.12. The summed E-state index contributed by atoms with van der Waals surface area (Å²) >= 11 is 0. The van der Waals surface area contributed by atoms with Crippen LogP contribution >= 0.6 is 0 Å². The molecule has 26 heavy (non-hydrogen) atoms.